The monoisotopic (exact) mass is 620 g/mol. The summed E-state index contributed by atoms with van der Waals surface area (Å²) in [6, 6.07) is 8.19. The second-order valence-electron chi connectivity index (χ2n) is 9.87. The Labute approximate surface area is 239 Å². The average molecular weight is 622 g/mol. The summed E-state index contributed by atoms with van der Waals surface area (Å²) in [5, 5.41) is 28.3. The molecule has 0 saturated carbocycles. The first kappa shape index (κ1) is 29.2. The molecule has 2 amide bonds. The van der Waals surface area contributed by atoms with E-state index < -0.39 is 30.1 Å². The van der Waals surface area contributed by atoms with Crippen molar-refractivity contribution < 1.29 is 29.1 Å². The molecule has 0 spiro atoms. The van der Waals surface area contributed by atoms with Gasteiger partial charge in [-0.25, -0.2) is 4.98 Å². The number of β-amino-alcohol motifs (C(OH)–C–C–N with tert-alkyl or cyclic N) is 1. The summed E-state index contributed by atoms with van der Waals surface area (Å²) < 4.78 is 10.9. The van der Waals surface area contributed by atoms with Crippen molar-refractivity contribution in [2.75, 3.05) is 25.0 Å². The SMILES string of the molecule is Cc1ncsc1-c1ccc([C@@H](O)CNC(=O)[C@H]2C[C@@H](O)CN2C(=O)[C@H](c2cc(OCCBr)no2)C(C)C)cc1. The number of nitrogens with zero attached hydrogens (tertiary/aromatic N) is 3. The van der Waals surface area contributed by atoms with Gasteiger partial charge in [-0.05, 0) is 29.1 Å². The Hall–Kier alpha value is -2.80. The third-order valence-corrected chi connectivity index (χ3v) is 8.01. The van der Waals surface area contributed by atoms with E-state index in [4.69, 9.17) is 9.26 Å². The lowest BCUT2D eigenvalue weighted by atomic mass is 9.91. The molecule has 1 saturated heterocycles. The van der Waals surface area contributed by atoms with E-state index in [2.05, 4.69) is 31.4 Å². The summed E-state index contributed by atoms with van der Waals surface area (Å²) in [6.45, 7) is 6.10. The molecule has 10 nitrogen and oxygen atoms in total. The average Bonchev–Trinajstić information content (AvgIpc) is 3.66. The molecule has 39 heavy (non-hydrogen) atoms. The number of amides is 2. The maximum Gasteiger partial charge on any atom is 0.254 e. The summed E-state index contributed by atoms with van der Waals surface area (Å²) >= 11 is 4.84. The van der Waals surface area contributed by atoms with Crippen LogP contribution in [-0.2, 0) is 9.59 Å². The molecule has 1 aromatic carbocycles. The number of rotatable bonds is 11. The zero-order chi connectivity index (χ0) is 28.1. The minimum Gasteiger partial charge on any atom is -0.475 e. The molecule has 0 unspecified atom stereocenters. The topological polar surface area (TPSA) is 138 Å². The van der Waals surface area contributed by atoms with Gasteiger partial charge in [-0.15, -0.1) is 11.3 Å². The fourth-order valence-electron chi connectivity index (χ4n) is 4.72. The van der Waals surface area contributed by atoms with E-state index in [1.54, 1.807) is 22.9 Å². The van der Waals surface area contributed by atoms with Crippen LogP contribution in [0.25, 0.3) is 10.4 Å². The van der Waals surface area contributed by atoms with Crippen LogP contribution in [0.5, 0.6) is 5.88 Å². The molecule has 4 rings (SSSR count). The van der Waals surface area contributed by atoms with Crippen LogP contribution >= 0.6 is 27.3 Å². The Balaban J connectivity index is 1.40. The molecule has 210 valence electrons. The van der Waals surface area contributed by atoms with Gasteiger partial charge in [0.15, 0.2) is 5.76 Å². The fraction of sp³-hybridized carbons (Fsp3) is 0.481. The van der Waals surface area contributed by atoms with Gasteiger partial charge in [0.1, 0.15) is 12.0 Å². The smallest absolute Gasteiger partial charge is 0.254 e. The van der Waals surface area contributed by atoms with Crippen molar-refractivity contribution in [3.63, 3.8) is 0 Å². The van der Waals surface area contributed by atoms with Crippen molar-refractivity contribution in [1.29, 1.82) is 0 Å². The predicted molar refractivity (Wildman–Crippen MR) is 150 cm³/mol. The number of ether oxygens (including phenoxy) is 1. The number of aliphatic hydroxyl groups excluding tert-OH is 2. The number of hydrogen-bond donors (Lipinski definition) is 3. The zero-order valence-corrected chi connectivity index (χ0v) is 24.4. The molecule has 1 aliphatic heterocycles. The number of likely N-dealkylation sites (tertiary alicyclic amines) is 1. The summed E-state index contributed by atoms with van der Waals surface area (Å²) in [6.07, 6.45) is -1.66. The van der Waals surface area contributed by atoms with Crippen LogP contribution in [0.2, 0.25) is 0 Å². The Kier molecular flexibility index (Phi) is 9.76. The van der Waals surface area contributed by atoms with E-state index in [1.807, 2.05) is 45.0 Å². The molecular formula is C27H33BrN4O6S. The molecule has 12 heteroatoms. The van der Waals surface area contributed by atoms with Gasteiger partial charge in [-0.3, -0.25) is 9.59 Å². The van der Waals surface area contributed by atoms with Crippen molar-refractivity contribution in [3.05, 3.63) is 52.9 Å². The third-order valence-electron chi connectivity index (χ3n) is 6.71. The lowest BCUT2D eigenvalue weighted by Gasteiger charge is -2.28. The number of aryl methyl sites for hydroxylation is 1. The number of carbonyl (C=O) groups excluding carboxylic acids is 2. The summed E-state index contributed by atoms with van der Waals surface area (Å²) in [5.41, 5.74) is 4.41. The van der Waals surface area contributed by atoms with E-state index in [1.165, 1.54) is 4.90 Å². The molecule has 0 aliphatic carbocycles. The number of hydrogen-bond acceptors (Lipinski definition) is 9. The first-order valence-corrected chi connectivity index (χ1v) is 14.8. The summed E-state index contributed by atoms with van der Waals surface area (Å²) in [4.78, 5) is 33.5. The van der Waals surface area contributed by atoms with Gasteiger partial charge in [-0.2, -0.15) is 0 Å². The van der Waals surface area contributed by atoms with Crippen LogP contribution in [0, 0.1) is 12.8 Å². The number of benzene rings is 1. The summed E-state index contributed by atoms with van der Waals surface area (Å²) in [5.74, 6) is -1.01. The third kappa shape index (κ3) is 6.86. The largest absolute Gasteiger partial charge is 0.475 e. The molecule has 1 aliphatic rings. The number of nitrogens with one attached hydrogen (secondary N) is 1. The van der Waals surface area contributed by atoms with Crippen LogP contribution in [0.15, 0.2) is 40.4 Å². The minimum absolute atomic E-state index is 0.0300. The molecule has 3 N–H and O–H groups in total. The second kappa shape index (κ2) is 13.0. The molecule has 3 aromatic rings. The molecule has 0 bridgehead atoms. The van der Waals surface area contributed by atoms with E-state index in [0.29, 0.717) is 23.3 Å². The van der Waals surface area contributed by atoms with E-state index in [9.17, 15) is 19.8 Å². The Morgan fingerprint density at radius 2 is 2.05 bits per heavy atom. The minimum atomic E-state index is -0.934. The van der Waals surface area contributed by atoms with Crippen molar-refractivity contribution in [2.24, 2.45) is 5.92 Å². The van der Waals surface area contributed by atoms with Crippen LogP contribution in [0.3, 0.4) is 0 Å². The van der Waals surface area contributed by atoms with Crippen LogP contribution < -0.4 is 10.1 Å². The standard InChI is InChI=1S/C27H33BrN4O6S/c1-15(2)24(22-11-23(31-38-22)37-9-8-28)27(36)32-13-19(33)10-20(32)26(35)29-12-21(34)17-4-6-18(7-5-17)25-16(3)30-14-39-25/h4-7,11,14-15,19-21,24,33-34H,8-10,12-13H2,1-3H3,(H,29,35)/t19-,20-,21+,24+/m1/s1. The maximum absolute atomic E-state index is 13.6. The number of aromatic nitrogens is 2. The fourth-order valence-corrected chi connectivity index (χ4v) is 5.69. The maximum atomic E-state index is 13.6. The highest BCUT2D eigenvalue weighted by molar-refractivity contribution is 9.09. The highest BCUT2D eigenvalue weighted by atomic mass is 79.9. The van der Waals surface area contributed by atoms with E-state index in [-0.39, 0.29) is 37.2 Å². The van der Waals surface area contributed by atoms with Crippen molar-refractivity contribution in [3.8, 4) is 16.3 Å². The Morgan fingerprint density at radius 1 is 1.31 bits per heavy atom. The molecule has 2 aromatic heterocycles. The molecule has 0 radical (unpaired) electrons. The van der Waals surface area contributed by atoms with Crippen LogP contribution in [0.4, 0.5) is 0 Å². The van der Waals surface area contributed by atoms with Gasteiger partial charge in [0, 0.05) is 30.9 Å². The van der Waals surface area contributed by atoms with Crippen LogP contribution in [0.1, 0.15) is 49.3 Å². The molecular weight excluding hydrogens is 588 g/mol. The normalized spacial score (nSPS) is 18.8. The number of halogens is 1. The Morgan fingerprint density at radius 3 is 2.69 bits per heavy atom. The van der Waals surface area contributed by atoms with Gasteiger partial charge in [0.25, 0.3) is 5.88 Å². The first-order valence-electron chi connectivity index (χ1n) is 12.8. The highest BCUT2D eigenvalue weighted by Crippen LogP contribution is 2.32. The van der Waals surface area contributed by atoms with E-state index >= 15 is 0 Å². The van der Waals surface area contributed by atoms with Crippen molar-refractivity contribution in [2.45, 2.75) is 51.4 Å². The van der Waals surface area contributed by atoms with Gasteiger partial charge < -0.3 is 29.7 Å². The van der Waals surface area contributed by atoms with Gasteiger partial charge in [0.2, 0.25) is 11.8 Å². The van der Waals surface area contributed by atoms with E-state index in [0.717, 1.165) is 16.1 Å². The van der Waals surface area contributed by atoms with Gasteiger partial charge >= 0.3 is 0 Å². The van der Waals surface area contributed by atoms with Crippen molar-refractivity contribution >= 4 is 39.1 Å². The van der Waals surface area contributed by atoms with Gasteiger partial charge in [-0.1, -0.05) is 54.0 Å². The number of thiazole rings is 1. The summed E-state index contributed by atoms with van der Waals surface area (Å²) in [7, 11) is 0. The highest BCUT2D eigenvalue weighted by Gasteiger charge is 2.43. The molecule has 4 atom stereocenters. The quantitative estimate of drug-likeness (QED) is 0.277. The number of alkyl halides is 1. The molecule has 1 fully saturated rings. The lowest BCUT2D eigenvalue weighted by molar-refractivity contribution is -0.141. The number of carbonyl (C=O) groups is 2. The van der Waals surface area contributed by atoms with Gasteiger partial charge in [0.05, 0.1) is 34.9 Å². The Bertz CT molecular complexity index is 1260. The van der Waals surface area contributed by atoms with Crippen LogP contribution in [-0.4, -0.2) is 74.2 Å². The lowest BCUT2D eigenvalue weighted by Crippen LogP contribution is -2.48. The first-order chi connectivity index (χ1) is 18.7. The predicted octanol–water partition coefficient (Wildman–Crippen LogP) is 3.43. The second-order valence-corrected chi connectivity index (χ2v) is 11.5. The number of aliphatic hydroxyl groups is 2. The van der Waals surface area contributed by atoms with Crippen molar-refractivity contribution in [1.82, 2.24) is 20.4 Å². The molecule has 3 heterocycles. The zero-order valence-electron chi connectivity index (χ0n) is 22.0.